The van der Waals surface area contributed by atoms with Crippen molar-refractivity contribution in [2.45, 2.75) is 13.0 Å². The molecule has 1 unspecified atom stereocenters. The van der Waals surface area contributed by atoms with Crippen molar-refractivity contribution in [1.82, 2.24) is 10.6 Å². The highest BCUT2D eigenvalue weighted by atomic mass is 16.6. The van der Waals surface area contributed by atoms with Gasteiger partial charge in [0.2, 0.25) is 0 Å². The van der Waals surface area contributed by atoms with Gasteiger partial charge in [-0.3, -0.25) is 10.1 Å². The quantitative estimate of drug-likeness (QED) is 0.376. The average molecular weight is 427 g/mol. The molecule has 1 heterocycles. The lowest BCUT2D eigenvalue weighted by Gasteiger charge is -2.29. The highest BCUT2D eigenvalue weighted by Crippen LogP contribution is 2.31. The first-order valence-corrected chi connectivity index (χ1v) is 9.42. The molecule has 1 aliphatic heterocycles. The molecule has 0 saturated heterocycles. The van der Waals surface area contributed by atoms with Gasteiger partial charge in [0.15, 0.2) is 5.75 Å². The van der Waals surface area contributed by atoms with Crippen molar-refractivity contribution in [3.05, 3.63) is 75.5 Å². The number of esters is 1. The second kappa shape index (κ2) is 9.61. The minimum atomic E-state index is -0.803. The molecule has 0 aromatic heterocycles. The number of amides is 2. The summed E-state index contributed by atoms with van der Waals surface area (Å²) in [5, 5.41) is 16.5. The number of urea groups is 1. The van der Waals surface area contributed by atoms with E-state index in [0.717, 1.165) is 0 Å². The summed E-state index contributed by atoms with van der Waals surface area (Å²) in [6, 6.07) is 11.3. The van der Waals surface area contributed by atoms with Crippen LogP contribution in [-0.2, 0) is 9.53 Å². The van der Waals surface area contributed by atoms with Crippen LogP contribution in [0.2, 0.25) is 0 Å². The molecule has 3 rings (SSSR count). The van der Waals surface area contributed by atoms with Gasteiger partial charge in [-0.05, 0) is 30.7 Å². The zero-order valence-corrected chi connectivity index (χ0v) is 16.9. The Labute approximate surface area is 177 Å². The van der Waals surface area contributed by atoms with Crippen molar-refractivity contribution in [1.29, 1.82) is 0 Å². The number of nitro benzene ring substituents is 1. The predicted molar refractivity (Wildman–Crippen MR) is 110 cm³/mol. The summed E-state index contributed by atoms with van der Waals surface area (Å²) >= 11 is 0. The van der Waals surface area contributed by atoms with Gasteiger partial charge in [-0.1, -0.05) is 24.3 Å². The SMILES string of the molecule is CCOC(=O)C1=C(COc2ccccc2[N+](=O)[O-])NC(=O)NC1c1ccc(OC)cc1. The van der Waals surface area contributed by atoms with Gasteiger partial charge in [0.05, 0.1) is 36.0 Å². The number of para-hydroxylation sites is 2. The van der Waals surface area contributed by atoms with E-state index in [1.54, 1.807) is 37.3 Å². The van der Waals surface area contributed by atoms with Gasteiger partial charge in [-0.15, -0.1) is 0 Å². The number of hydrogen-bond donors (Lipinski definition) is 2. The topological polar surface area (TPSA) is 129 Å². The maximum absolute atomic E-state index is 12.7. The lowest BCUT2D eigenvalue weighted by atomic mass is 9.95. The number of nitro groups is 1. The van der Waals surface area contributed by atoms with Crippen molar-refractivity contribution >= 4 is 17.7 Å². The van der Waals surface area contributed by atoms with E-state index in [1.807, 2.05) is 0 Å². The smallest absolute Gasteiger partial charge is 0.338 e. The van der Waals surface area contributed by atoms with Gasteiger partial charge in [0, 0.05) is 6.07 Å². The molecule has 2 aromatic carbocycles. The number of hydrogen-bond acceptors (Lipinski definition) is 7. The molecule has 0 spiro atoms. The Morgan fingerprint density at radius 1 is 1.16 bits per heavy atom. The van der Waals surface area contributed by atoms with Gasteiger partial charge in [-0.25, -0.2) is 9.59 Å². The maximum atomic E-state index is 12.7. The highest BCUT2D eigenvalue weighted by Gasteiger charge is 2.34. The summed E-state index contributed by atoms with van der Waals surface area (Å²) in [5.74, 6) is -0.0143. The number of rotatable bonds is 8. The Morgan fingerprint density at radius 2 is 1.87 bits per heavy atom. The Bertz CT molecular complexity index is 1020. The number of benzene rings is 2. The summed E-state index contributed by atoms with van der Waals surface area (Å²) in [5.41, 5.74) is 0.695. The van der Waals surface area contributed by atoms with Gasteiger partial charge < -0.3 is 24.8 Å². The molecule has 0 aliphatic carbocycles. The van der Waals surface area contributed by atoms with Crippen LogP contribution in [0.1, 0.15) is 18.5 Å². The molecule has 1 atom stereocenters. The van der Waals surface area contributed by atoms with E-state index < -0.39 is 23.0 Å². The first-order chi connectivity index (χ1) is 14.9. The Kier molecular flexibility index (Phi) is 6.71. The number of carbonyl (C=O) groups excluding carboxylic acids is 2. The fourth-order valence-electron chi connectivity index (χ4n) is 3.11. The standard InChI is InChI=1S/C21H21N3O7/c1-3-30-20(25)18-15(12-31-17-7-5-4-6-16(17)24(27)28)22-21(26)23-19(18)13-8-10-14(29-2)11-9-13/h4-11,19H,3,12H2,1-2H3,(H2,22,23,26). The van der Waals surface area contributed by atoms with Crippen LogP contribution < -0.4 is 20.1 Å². The second-order valence-corrected chi connectivity index (χ2v) is 6.43. The lowest BCUT2D eigenvalue weighted by Crippen LogP contribution is -2.47. The predicted octanol–water partition coefficient (Wildman–Crippen LogP) is 2.85. The molecule has 162 valence electrons. The van der Waals surface area contributed by atoms with Crippen LogP contribution in [0.3, 0.4) is 0 Å². The molecule has 2 amide bonds. The summed E-state index contributed by atoms with van der Waals surface area (Å²) in [4.78, 5) is 35.7. The molecule has 31 heavy (non-hydrogen) atoms. The van der Waals surface area contributed by atoms with Gasteiger partial charge in [-0.2, -0.15) is 0 Å². The summed E-state index contributed by atoms with van der Waals surface area (Å²) in [7, 11) is 1.53. The monoisotopic (exact) mass is 427 g/mol. The summed E-state index contributed by atoms with van der Waals surface area (Å²) in [6.45, 7) is 1.52. The number of ether oxygens (including phenoxy) is 3. The van der Waals surface area contributed by atoms with Crippen LogP contribution in [0.5, 0.6) is 11.5 Å². The molecule has 2 N–H and O–H groups in total. The molecule has 0 saturated carbocycles. The van der Waals surface area contributed by atoms with Gasteiger partial charge >= 0.3 is 17.7 Å². The van der Waals surface area contributed by atoms with Crippen LogP contribution in [-0.4, -0.2) is 37.2 Å². The number of nitrogens with zero attached hydrogens (tertiary/aromatic N) is 1. The van der Waals surface area contributed by atoms with Crippen LogP contribution in [0.25, 0.3) is 0 Å². The van der Waals surface area contributed by atoms with Crippen LogP contribution in [0.15, 0.2) is 59.8 Å². The molecular weight excluding hydrogens is 406 g/mol. The van der Waals surface area contributed by atoms with E-state index in [0.29, 0.717) is 11.3 Å². The molecule has 0 bridgehead atoms. The number of methoxy groups -OCH3 is 1. The highest BCUT2D eigenvalue weighted by molar-refractivity contribution is 5.95. The van der Waals surface area contributed by atoms with Crippen LogP contribution in [0, 0.1) is 10.1 Å². The maximum Gasteiger partial charge on any atom is 0.338 e. The number of nitrogens with one attached hydrogen (secondary N) is 2. The van der Waals surface area contributed by atoms with Crippen molar-refractivity contribution in [2.75, 3.05) is 20.3 Å². The molecule has 0 fully saturated rings. The van der Waals surface area contributed by atoms with E-state index in [-0.39, 0.29) is 35.9 Å². The average Bonchev–Trinajstić information content (AvgIpc) is 2.77. The molecule has 10 nitrogen and oxygen atoms in total. The van der Waals surface area contributed by atoms with E-state index in [9.17, 15) is 19.7 Å². The number of carbonyl (C=O) groups is 2. The second-order valence-electron chi connectivity index (χ2n) is 6.43. The Balaban J connectivity index is 1.98. The van der Waals surface area contributed by atoms with Crippen molar-refractivity contribution in [3.8, 4) is 11.5 Å². The van der Waals surface area contributed by atoms with Gasteiger partial charge in [0.25, 0.3) is 0 Å². The normalized spacial score (nSPS) is 15.5. The first-order valence-electron chi connectivity index (χ1n) is 9.42. The molecule has 2 aromatic rings. The van der Waals surface area contributed by atoms with E-state index in [4.69, 9.17) is 14.2 Å². The van der Waals surface area contributed by atoms with Crippen molar-refractivity contribution < 1.29 is 28.7 Å². The Hall–Kier alpha value is -4.08. The minimum Gasteiger partial charge on any atom is -0.497 e. The summed E-state index contributed by atoms with van der Waals surface area (Å²) < 4.78 is 15.9. The Morgan fingerprint density at radius 3 is 2.52 bits per heavy atom. The fraction of sp³-hybridized carbons (Fsp3) is 0.238. The molecule has 0 radical (unpaired) electrons. The van der Waals surface area contributed by atoms with Crippen LogP contribution in [0.4, 0.5) is 10.5 Å². The van der Waals surface area contributed by atoms with E-state index in [1.165, 1.54) is 25.3 Å². The van der Waals surface area contributed by atoms with E-state index >= 15 is 0 Å². The fourth-order valence-corrected chi connectivity index (χ4v) is 3.11. The third kappa shape index (κ3) is 4.92. The minimum absolute atomic E-state index is 0.0111. The third-order valence-electron chi connectivity index (χ3n) is 4.53. The zero-order valence-electron chi connectivity index (χ0n) is 16.9. The first kappa shape index (κ1) is 21.6. The van der Waals surface area contributed by atoms with E-state index in [2.05, 4.69) is 10.6 Å². The summed E-state index contributed by atoms with van der Waals surface area (Å²) in [6.07, 6.45) is 0. The molecule has 1 aliphatic rings. The molecular formula is C21H21N3O7. The van der Waals surface area contributed by atoms with Crippen LogP contribution >= 0.6 is 0 Å². The van der Waals surface area contributed by atoms with Gasteiger partial charge in [0.1, 0.15) is 12.4 Å². The largest absolute Gasteiger partial charge is 0.497 e. The molecule has 10 heteroatoms. The lowest BCUT2D eigenvalue weighted by molar-refractivity contribution is -0.385. The van der Waals surface area contributed by atoms with Crippen molar-refractivity contribution in [2.24, 2.45) is 0 Å². The third-order valence-corrected chi connectivity index (χ3v) is 4.53. The zero-order chi connectivity index (χ0) is 22.4. The van der Waals surface area contributed by atoms with Crippen molar-refractivity contribution in [3.63, 3.8) is 0 Å².